The molecule has 0 aliphatic heterocycles. The summed E-state index contributed by atoms with van der Waals surface area (Å²) >= 11 is 5.94. The second-order valence-corrected chi connectivity index (χ2v) is 5.54. The van der Waals surface area contributed by atoms with Crippen LogP contribution < -0.4 is 11.1 Å². The number of aromatic nitrogens is 2. The quantitative estimate of drug-likeness (QED) is 0.703. The maximum Gasteiger partial charge on any atom is 0.438 e. The molecule has 3 aromatic rings. The third-order valence-corrected chi connectivity index (χ3v) is 3.66. The number of carbonyl (C=O) groups excluding carboxylic acids is 1. The van der Waals surface area contributed by atoms with E-state index in [1.807, 2.05) is 24.3 Å². The van der Waals surface area contributed by atoms with Gasteiger partial charge in [0, 0.05) is 23.6 Å². The lowest BCUT2D eigenvalue weighted by molar-refractivity contribution is 0.0953. The van der Waals surface area contributed by atoms with E-state index in [0.717, 1.165) is 10.8 Å². The Morgan fingerprint density at radius 2 is 2.00 bits per heavy atom. The Balaban J connectivity index is 1.57. The van der Waals surface area contributed by atoms with Gasteiger partial charge in [-0.1, -0.05) is 28.9 Å². The number of aromatic amines is 1. The fraction of sp³-hybridized carbons (Fsp3) is 0.188. The molecule has 0 fully saturated rings. The highest BCUT2D eigenvalue weighted by atomic mass is 35.5. The number of carbonyl (C=O) groups is 1. The van der Waals surface area contributed by atoms with E-state index < -0.39 is 5.76 Å². The monoisotopic (exact) mass is 331 g/mol. The minimum atomic E-state index is -0.569. The number of hydrogen-bond acceptors (Lipinski definition) is 4. The summed E-state index contributed by atoms with van der Waals surface area (Å²) in [6.07, 6.45) is 1.18. The molecule has 0 spiro atoms. The first-order chi connectivity index (χ1) is 11.1. The maximum atomic E-state index is 12.1. The van der Waals surface area contributed by atoms with Crippen molar-refractivity contribution in [2.75, 3.05) is 6.54 Å². The Kier molecular flexibility index (Phi) is 4.43. The topological polar surface area (TPSA) is 88.0 Å². The molecule has 2 aromatic carbocycles. The zero-order valence-corrected chi connectivity index (χ0v) is 12.9. The number of aryl methyl sites for hydroxylation is 1. The van der Waals surface area contributed by atoms with Crippen LogP contribution in [0.4, 0.5) is 0 Å². The van der Waals surface area contributed by atoms with Crippen molar-refractivity contribution in [2.45, 2.75) is 12.8 Å². The Bertz CT molecular complexity index is 901. The lowest BCUT2D eigenvalue weighted by atomic mass is 10.1. The van der Waals surface area contributed by atoms with Crippen LogP contribution in [-0.4, -0.2) is 22.6 Å². The predicted molar refractivity (Wildman–Crippen MR) is 86.7 cm³/mol. The second-order valence-electron chi connectivity index (χ2n) is 5.11. The lowest BCUT2D eigenvalue weighted by Gasteiger charge is -2.06. The molecule has 2 N–H and O–H groups in total. The summed E-state index contributed by atoms with van der Waals surface area (Å²) in [6.45, 7) is 0.479. The number of nitrogens with zero attached hydrogens (tertiary/aromatic N) is 1. The molecule has 118 valence electrons. The van der Waals surface area contributed by atoms with Crippen molar-refractivity contribution in [3.8, 4) is 0 Å². The van der Waals surface area contributed by atoms with Crippen LogP contribution in [0.3, 0.4) is 0 Å². The van der Waals surface area contributed by atoms with E-state index in [1.165, 1.54) is 0 Å². The van der Waals surface area contributed by atoms with Gasteiger partial charge in [-0.25, -0.2) is 4.79 Å². The smallest absolute Gasteiger partial charge is 0.352 e. The van der Waals surface area contributed by atoms with Crippen LogP contribution in [0, 0.1) is 0 Å². The van der Waals surface area contributed by atoms with Crippen LogP contribution in [0.2, 0.25) is 5.02 Å². The van der Waals surface area contributed by atoms with Crippen molar-refractivity contribution in [3.63, 3.8) is 0 Å². The second kappa shape index (κ2) is 6.66. The van der Waals surface area contributed by atoms with Crippen molar-refractivity contribution < 1.29 is 9.32 Å². The summed E-state index contributed by atoms with van der Waals surface area (Å²) in [5, 5.41) is 9.02. The molecule has 0 atom stereocenters. The summed E-state index contributed by atoms with van der Waals surface area (Å²) in [7, 11) is 0. The van der Waals surface area contributed by atoms with E-state index in [2.05, 4.69) is 20.0 Å². The molecular weight excluding hydrogens is 318 g/mol. The number of halogens is 1. The molecule has 0 aliphatic rings. The van der Waals surface area contributed by atoms with E-state index in [1.54, 1.807) is 12.1 Å². The minimum Gasteiger partial charge on any atom is -0.352 e. The number of rotatable bonds is 5. The van der Waals surface area contributed by atoms with Crippen LogP contribution in [0.1, 0.15) is 22.6 Å². The minimum absolute atomic E-state index is 0.143. The van der Waals surface area contributed by atoms with Gasteiger partial charge in [-0.2, -0.15) is 0 Å². The van der Waals surface area contributed by atoms with Gasteiger partial charge in [0.1, 0.15) is 0 Å². The lowest BCUT2D eigenvalue weighted by Crippen LogP contribution is -2.24. The first-order valence-corrected chi connectivity index (χ1v) is 7.52. The zero-order chi connectivity index (χ0) is 16.2. The third kappa shape index (κ3) is 3.78. The van der Waals surface area contributed by atoms with Crippen molar-refractivity contribution in [1.82, 2.24) is 15.5 Å². The third-order valence-electron chi connectivity index (χ3n) is 3.43. The number of fused-ring (bicyclic) bond motifs is 1. The van der Waals surface area contributed by atoms with E-state index in [0.29, 0.717) is 35.8 Å². The summed E-state index contributed by atoms with van der Waals surface area (Å²) < 4.78 is 4.40. The van der Waals surface area contributed by atoms with Gasteiger partial charge < -0.3 is 5.32 Å². The molecule has 6 nitrogen and oxygen atoms in total. The maximum absolute atomic E-state index is 12.1. The van der Waals surface area contributed by atoms with Gasteiger partial charge >= 0.3 is 5.76 Å². The predicted octanol–water partition coefficient (Wildman–Crippen LogP) is 2.53. The molecule has 0 radical (unpaired) electrons. The number of amides is 1. The van der Waals surface area contributed by atoms with Crippen LogP contribution >= 0.6 is 11.6 Å². The average molecular weight is 332 g/mol. The number of nitrogens with one attached hydrogen (secondary N) is 2. The van der Waals surface area contributed by atoms with E-state index in [9.17, 15) is 9.59 Å². The molecule has 0 saturated heterocycles. The molecule has 0 saturated carbocycles. The largest absolute Gasteiger partial charge is 0.438 e. The summed E-state index contributed by atoms with van der Waals surface area (Å²) in [5.74, 6) is -0.234. The fourth-order valence-electron chi connectivity index (χ4n) is 2.29. The summed E-state index contributed by atoms with van der Waals surface area (Å²) in [4.78, 5) is 25.4. The van der Waals surface area contributed by atoms with Gasteiger partial charge in [0.05, 0.1) is 0 Å². The SMILES string of the molecule is O=C(NCCCc1noc(=O)[nH]1)c1ccc2cc(Cl)ccc2c1. The summed E-state index contributed by atoms with van der Waals surface area (Å²) in [5.41, 5.74) is 0.592. The van der Waals surface area contributed by atoms with Gasteiger partial charge in [0.15, 0.2) is 5.82 Å². The highest BCUT2D eigenvalue weighted by molar-refractivity contribution is 6.31. The molecule has 0 aliphatic carbocycles. The number of H-pyrrole nitrogens is 1. The first-order valence-electron chi connectivity index (χ1n) is 7.14. The molecule has 7 heteroatoms. The highest BCUT2D eigenvalue weighted by Crippen LogP contribution is 2.20. The Morgan fingerprint density at radius 3 is 2.78 bits per heavy atom. The number of hydrogen-bond donors (Lipinski definition) is 2. The molecule has 0 unspecified atom stereocenters. The van der Waals surface area contributed by atoms with Gasteiger partial charge in [0.25, 0.3) is 5.91 Å². The van der Waals surface area contributed by atoms with E-state index >= 15 is 0 Å². The van der Waals surface area contributed by atoms with Crippen LogP contribution in [-0.2, 0) is 6.42 Å². The van der Waals surface area contributed by atoms with Crippen molar-refractivity contribution >= 4 is 28.3 Å². The van der Waals surface area contributed by atoms with E-state index in [-0.39, 0.29) is 5.91 Å². The van der Waals surface area contributed by atoms with Crippen molar-refractivity contribution in [1.29, 1.82) is 0 Å². The van der Waals surface area contributed by atoms with Gasteiger partial charge in [-0.3, -0.25) is 14.3 Å². The van der Waals surface area contributed by atoms with Crippen LogP contribution in [0.25, 0.3) is 10.8 Å². The fourth-order valence-corrected chi connectivity index (χ4v) is 2.47. The molecular formula is C16H14ClN3O3. The Labute approximate surface area is 136 Å². The van der Waals surface area contributed by atoms with Gasteiger partial charge in [-0.15, -0.1) is 0 Å². The first kappa shape index (κ1) is 15.3. The zero-order valence-electron chi connectivity index (χ0n) is 12.1. The molecule has 1 aromatic heterocycles. The van der Waals surface area contributed by atoms with Gasteiger partial charge in [0.2, 0.25) is 0 Å². The van der Waals surface area contributed by atoms with E-state index in [4.69, 9.17) is 11.6 Å². The molecule has 1 amide bonds. The molecule has 23 heavy (non-hydrogen) atoms. The van der Waals surface area contributed by atoms with Crippen molar-refractivity contribution in [3.05, 3.63) is 63.4 Å². The average Bonchev–Trinajstić information content (AvgIpc) is 2.96. The standard InChI is InChI=1S/C16H14ClN3O3/c17-13-6-5-10-8-12(4-3-11(10)9-13)15(21)18-7-1-2-14-19-16(22)23-20-14/h3-6,8-9H,1-2,7H2,(H,18,21)(H,19,20,22). The van der Waals surface area contributed by atoms with Crippen molar-refractivity contribution in [2.24, 2.45) is 0 Å². The van der Waals surface area contributed by atoms with Crippen LogP contribution in [0.5, 0.6) is 0 Å². The summed E-state index contributed by atoms with van der Waals surface area (Å²) in [6, 6.07) is 11.0. The Morgan fingerprint density at radius 1 is 1.22 bits per heavy atom. The molecule has 0 bridgehead atoms. The van der Waals surface area contributed by atoms with Gasteiger partial charge in [-0.05, 0) is 41.5 Å². The molecule has 3 rings (SSSR count). The molecule has 1 heterocycles. The highest BCUT2D eigenvalue weighted by Gasteiger charge is 2.07. The number of benzene rings is 2. The van der Waals surface area contributed by atoms with Crippen LogP contribution in [0.15, 0.2) is 45.7 Å². The normalized spacial score (nSPS) is 10.8. The Hall–Kier alpha value is -2.60.